The molecule has 7 heteroatoms. The third kappa shape index (κ3) is 5.55. The van der Waals surface area contributed by atoms with E-state index in [0.29, 0.717) is 0 Å². The molecule has 0 atom stereocenters. The Morgan fingerprint density at radius 2 is 2.08 bits per heavy atom. The molecule has 0 heterocycles. The lowest BCUT2D eigenvalue weighted by molar-refractivity contribution is 0.149. The third-order valence-corrected chi connectivity index (χ3v) is 0.918. The van der Waals surface area contributed by atoms with Crippen LogP contribution in [0.3, 0.4) is 0 Å². The molecule has 72 valence electrons. The van der Waals surface area contributed by atoms with Crippen molar-refractivity contribution in [1.82, 2.24) is 5.32 Å². The first-order valence-electron chi connectivity index (χ1n) is 3.09. The zero-order valence-electron chi connectivity index (χ0n) is 6.31. The van der Waals surface area contributed by atoms with Crippen molar-refractivity contribution in [3.63, 3.8) is 0 Å². The Bertz CT molecular complexity index is 255. The summed E-state index contributed by atoms with van der Waals surface area (Å²) in [6.45, 7) is -0.545. The fraction of sp³-hybridized carbons (Fsp3) is 0.333. The van der Waals surface area contributed by atoms with Gasteiger partial charge in [0, 0.05) is 6.42 Å². The molecule has 0 bridgehead atoms. The minimum absolute atomic E-state index is 0.545. The standard InChI is InChI=1S/C6H5F3N2O2/c7-4(5(8)9)1-2-13-6(12)11-3-10/h1-2H2,(H,11,12). The summed E-state index contributed by atoms with van der Waals surface area (Å²) in [5.41, 5.74) is 0. The number of nitrogens with zero attached hydrogens (tertiary/aromatic N) is 1. The highest BCUT2D eigenvalue weighted by Gasteiger charge is 2.06. The van der Waals surface area contributed by atoms with E-state index >= 15 is 0 Å². The molecule has 0 radical (unpaired) electrons. The monoisotopic (exact) mass is 194 g/mol. The highest BCUT2D eigenvalue weighted by atomic mass is 19.3. The van der Waals surface area contributed by atoms with Crippen LogP contribution in [0.2, 0.25) is 0 Å². The molecule has 0 aliphatic carbocycles. The van der Waals surface area contributed by atoms with Crippen molar-refractivity contribution < 1.29 is 22.7 Å². The van der Waals surface area contributed by atoms with Crippen molar-refractivity contribution in [3.8, 4) is 6.19 Å². The highest BCUT2D eigenvalue weighted by Crippen LogP contribution is 2.12. The van der Waals surface area contributed by atoms with Gasteiger partial charge in [0.05, 0.1) is 6.61 Å². The normalized spacial score (nSPS) is 8.46. The number of amides is 1. The first-order chi connectivity index (χ1) is 6.07. The smallest absolute Gasteiger partial charge is 0.420 e. The van der Waals surface area contributed by atoms with E-state index in [0.717, 1.165) is 0 Å². The molecule has 0 spiro atoms. The fourth-order valence-corrected chi connectivity index (χ4v) is 0.410. The van der Waals surface area contributed by atoms with Gasteiger partial charge in [-0.15, -0.1) is 0 Å². The fourth-order valence-electron chi connectivity index (χ4n) is 0.410. The van der Waals surface area contributed by atoms with Crippen molar-refractivity contribution in [1.29, 1.82) is 5.26 Å². The van der Waals surface area contributed by atoms with Crippen molar-refractivity contribution in [2.75, 3.05) is 6.61 Å². The zero-order valence-corrected chi connectivity index (χ0v) is 6.31. The summed E-state index contributed by atoms with van der Waals surface area (Å²) in [5.74, 6) is -1.63. The molecule has 0 aromatic carbocycles. The number of carbonyl (C=O) groups is 1. The second-order valence-electron chi connectivity index (χ2n) is 1.79. The predicted molar refractivity (Wildman–Crippen MR) is 35.1 cm³/mol. The van der Waals surface area contributed by atoms with Crippen LogP contribution < -0.4 is 5.32 Å². The minimum atomic E-state index is -2.44. The topological polar surface area (TPSA) is 62.1 Å². The Hall–Kier alpha value is -1.71. The van der Waals surface area contributed by atoms with Gasteiger partial charge in [-0.1, -0.05) is 0 Å². The van der Waals surface area contributed by atoms with E-state index in [4.69, 9.17) is 5.26 Å². The third-order valence-electron chi connectivity index (χ3n) is 0.918. The van der Waals surface area contributed by atoms with Crippen molar-refractivity contribution >= 4 is 6.09 Å². The van der Waals surface area contributed by atoms with E-state index < -0.39 is 31.0 Å². The number of halogens is 3. The number of rotatable bonds is 3. The summed E-state index contributed by atoms with van der Waals surface area (Å²) >= 11 is 0. The number of alkyl carbamates (subject to hydrolysis) is 1. The molecule has 0 aliphatic heterocycles. The predicted octanol–water partition coefficient (Wildman–Crippen LogP) is 1.66. The summed E-state index contributed by atoms with van der Waals surface area (Å²) < 4.78 is 38.9. The molecular formula is C6H5F3N2O2. The highest BCUT2D eigenvalue weighted by molar-refractivity contribution is 5.68. The van der Waals surface area contributed by atoms with Crippen molar-refractivity contribution in [2.24, 2.45) is 0 Å². The maximum absolute atomic E-state index is 12.0. The molecular weight excluding hydrogens is 189 g/mol. The first kappa shape index (κ1) is 11.3. The van der Waals surface area contributed by atoms with Crippen LogP contribution in [-0.4, -0.2) is 12.7 Å². The summed E-state index contributed by atoms with van der Waals surface area (Å²) in [6.07, 6.45) is -3.00. The van der Waals surface area contributed by atoms with Gasteiger partial charge in [0.15, 0.2) is 12.0 Å². The molecule has 0 rings (SSSR count). The summed E-state index contributed by atoms with van der Waals surface area (Å²) in [7, 11) is 0. The molecule has 1 amide bonds. The molecule has 0 saturated heterocycles. The zero-order chi connectivity index (χ0) is 10.3. The van der Waals surface area contributed by atoms with Gasteiger partial charge in [0.1, 0.15) is 0 Å². The molecule has 0 aromatic rings. The lowest BCUT2D eigenvalue weighted by atomic mass is 10.4. The number of carbonyl (C=O) groups excluding carboxylic acids is 1. The van der Waals surface area contributed by atoms with Gasteiger partial charge < -0.3 is 4.74 Å². The minimum Gasteiger partial charge on any atom is -0.448 e. The van der Waals surface area contributed by atoms with Crippen molar-refractivity contribution in [3.05, 3.63) is 11.9 Å². The molecule has 4 nitrogen and oxygen atoms in total. The van der Waals surface area contributed by atoms with Crippen LogP contribution in [0.25, 0.3) is 0 Å². The first-order valence-corrected chi connectivity index (χ1v) is 3.09. The van der Waals surface area contributed by atoms with Crippen molar-refractivity contribution in [2.45, 2.75) is 6.42 Å². The Morgan fingerprint density at radius 3 is 2.54 bits per heavy atom. The van der Waals surface area contributed by atoms with Gasteiger partial charge in [-0.3, -0.25) is 0 Å². The molecule has 0 aromatic heterocycles. The van der Waals surface area contributed by atoms with Crippen LogP contribution in [0.15, 0.2) is 11.9 Å². The number of hydrogen-bond donors (Lipinski definition) is 1. The Morgan fingerprint density at radius 1 is 1.46 bits per heavy atom. The average Bonchev–Trinajstić information content (AvgIpc) is 2.04. The van der Waals surface area contributed by atoms with Crippen LogP contribution in [0.1, 0.15) is 6.42 Å². The van der Waals surface area contributed by atoms with E-state index in [1.165, 1.54) is 6.19 Å². The second kappa shape index (κ2) is 5.88. The number of hydrogen-bond acceptors (Lipinski definition) is 3. The number of ether oxygens (including phenoxy) is 1. The summed E-state index contributed by atoms with van der Waals surface area (Å²) in [6, 6.07) is 0. The van der Waals surface area contributed by atoms with Gasteiger partial charge in [0.25, 0.3) is 0 Å². The Balaban J connectivity index is 3.64. The molecule has 1 N–H and O–H groups in total. The quantitative estimate of drug-likeness (QED) is 0.548. The maximum atomic E-state index is 12.0. The number of nitriles is 1. The average molecular weight is 194 g/mol. The van der Waals surface area contributed by atoms with Crippen LogP contribution in [0.4, 0.5) is 18.0 Å². The van der Waals surface area contributed by atoms with Crippen LogP contribution in [-0.2, 0) is 4.74 Å². The van der Waals surface area contributed by atoms with Gasteiger partial charge in [-0.05, 0) is 0 Å². The molecule has 0 saturated carbocycles. The van der Waals surface area contributed by atoms with E-state index in [2.05, 4.69) is 4.74 Å². The van der Waals surface area contributed by atoms with E-state index in [9.17, 15) is 18.0 Å². The number of nitrogens with one attached hydrogen (secondary N) is 1. The Kier molecular flexibility index (Phi) is 5.11. The second-order valence-corrected chi connectivity index (χ2v) is 1.79. The maximum Gasteiger partial charge on any atom is 0.420 e. The van der Waals surface area contributed by atoms with Gasteiger partial charge >= 0.3 is 12.2 Å². The van der Waals surface area contributed by atoms with Crippen LogP contribution in [0, 0.1) is 11.5 Å². The molecule has 13 heavy (non-hydrogen) atoms. The molecule has 0 unspecified atom stereocenters. The van der Waals surface area contributed by atoms with E-state index in [1.54, 1.807) is 5.32 Å². The largest absolute Gasteiger partial charge is 0.448 e. The Labute approximate surface area is 71.6 Å². The van der Waals surface area contributed by atoms with E-state index in [1.807, 2.05) is 0 Å². The van der Waals surface area contributed by atoms with Gasteiger partial charge in [-0.25, -0.2) is 14.5 Å². The van der Waals surface area contributed by atoms with Crippen LogP contribution in [0.5, 0.6) is 0 Å². The molecule has 0 fully saturated rings. The van der Waals surface area contributed by atoms with Crippen LogP contribution >= 0.6 is 0 Å². The van der Waals surface area contributed by atoms with Gasteiger partial charge in [0.2, 0.25) is 0 Å². The summed E-state index contributed by atoms with van der Waals surface area (Å²) in [5, 5.41) is 9.43. The van der Waals surface area contributed by atoms with Gasteiger partial charge in [-0.2, -0.15) is 14.0 Å². The van der Waals surface area contributed by atoms with E-state index in [-0.39, 0.29) is 0 Å². The lowest BCUT2D eigenvalue weighted by Gasteiger charge is -1.99. The SMILES string of the molecule is N#CNC(=O)OCCC(F)=C(F)F. The lowest BCUT2D eigenvalue weighted by Crippen LogP contribution is -2.19. The summed E-state index contributed by atoms with van der Waals surface area (Å²) in [4.78, 5) is 10.3. The molecule has 0 aliphatic rings.